The monoisotopic (exact) mass is 855 g/mol. The Balaban J connectivity index is 1.31. The summed E-state index contributed by atoms with van der Waals surface area (Å²) in [5.74, 6) is 0.924. The van der Waals surface area contributed by atoms with Gasteiger partial charge < -0.3 is 5.11 Å². The second kappa shape index (κ2) is 17.0. The van der Waals surface area contributed by atoms with E-state index in [1.807, 2.05) is 18.3 Å². The van der Waals surface area contributed by atoms with Crippen molar-refractivity contribution in [3.05, 3.63) is 218 Å². The van der Waals surface area contributed by atoms with Crippen LogP contribution >= 0.6 is 0 Å². The number of hydrogen-bond donors (Lipinski definition) is 1. The lowest BCUT2D eigenvalue weighted by atomic mass is 9.79. The molecular weight excluding hydrogens is 803 g/mol. The van der Waals surface area contributed by atoms with Gasteiger partial charge >= 0.3 is 0 Å². The van der Waals surface area contributed by atoms with E-state index in [1.54, 1.807) is 0 Å². The van der Waals surface area contributed by atoms with E-state index in [9.17, 15) is 5.11 Å². The first-order valence-electron chi connectivity index (χ1n) is 22.8. The molecule has 322 valence electrons. The van der Waals surface area contributed by atoms with E-state index in [4.69, 9.17) is 9.97 Å². The van der Waals surface area contributed by atoms with Crippen LogP contribution in [0, 0.1) is 0 Å². The molecule has 4 nitrogen and oxygen atoms in total. The van der Waals surface area contributed by atoms with Crippen LogP contribution in [0.3, 0.4) is 0 Å². The number of aromatic nitrogens is 3. The molecule has 0 saturated carbocycles. The molecule has 0 atom stereocenters. The first-order valence-corrected chi connectivity index (χ1v) is 22.8. The van der Waals surface area contributed by atoms with Crippen molar-refractivity contribution in [2.45, 2.75) is 52.4 Å². The maximum absolute atomic E-state index is 12.5. The lowest BCUT2D eigenvalue weighted by Gasteiger charge is -2.27. The average molecular weight is 856 g/mol. The van der Waals surface area contributed by atoms with Crippen LogP contribution in [0.5, 0.6) is 5.75 Å². The third kappa shape index (κ3) is 7.90. The van der Waals surface area contributed by atoms with Gasteiger partial charge in [0.2, 0.25) is 0 Å². The number of para-hydroxylation sites is 2. The predicted molar refractivity (Wildman–Crippen MR) is 276 cm³/mol. The van der Waals surface area contributed by atoms with Crippen LogP contribution in [0.15, 0.2) is 206 Å². The van der Waals surface area contributed by atoms with Crippen molar-refractivity contribution in [2.75, 3.05) is 0 Å². The van der Waals surface area contributed by atoms with Crippen molar-refractivity contribution < 1.29 is 5.11 Å². The number of rotatable bonds is 8. The van der Waals surface area contributed by atoms with Crippen molar-refractivity contribution in [1.29, 1.82) is 0 Å². The summed E-state index contributed by atoms with van der Waals surface area (Å²) in [5, 5.41) is 12.5. The Morgan fingerprint density at radius 1 is 0.424 bits per heavy atom. The Kier molecular flexibility index (Phi) is 10.8. The van der Waals surface area contributed by atoms with Gasteiger partial charge in [0.05, 0.1) is 28.0 Å². The standard InChI is InChI=1S/C62H53N3O/c1-61(2,3)47-39-52(59(66)53(40-47)62(4,5)6)60-64-58-51(31-21-34-56(58)65(60)55-33-17-16-28-48(55)41-22-10-7-11-23-41)44-36-45(54-32-18-19-35-63-54)38-46(37-44)57-49(42-24-12-8-13-25-42)29-20-30-50(57)43-26-14-9-15-27-43/h7-40,66H,1-6H3. The van der Waals surface area contributed by atoms with E-state index in [2.05, 4.69) is 234 Å². The number of fused-ring (bicyclic) bond motifs is 1. The largest absolute Gasteiger partial charge is 0.507 e. The molecule has 0 spiro atoms. The fraction of sp³-hybridized carbons (Fsp3) is 0.129. The Labute approximate surface area is 388 Å². The van der Waals surface area contributed by atoms with Crippen LogP contribution in [-0.2, 0) is 10.8 Å². The molecule has 0 fully saturated rings. The van der Waals surface area contributed by atoms with Crippen LogP contribution in [0.2, 0.25) is 0 Å². The topological polar surface area (TPSA) is 50.9 Å². The molecule has 0 unspecified atom stereocenters. The first kappa shape index (κ1) is 42.1. The molecule has 0 aliphatic carbocycles. The van der Waals surface area contributed by atoms with Gasteiger partial charge in [0.1, 0.15) is 11.6 Å². The van der Waals surface area contributed by atoms with Crippen molar-refractivity contribution in [3.63, 3.8) is 0 Å². The van der Waals surface area contributed by atoms with Gasteiger partial charge in [0.25, 0.3) is 0 Å². The molecule has 0 radical (unpaired) electrons. The zero-order chi connectivity index (χ0) is 45.6. The molecule has 2 heterocycles. The summed E-state index contributed by atoms with van der Waals surface area (Å²) in [7, 11) is 0. The zero-order valence-electron chi connectivity index (χ0n) is 38.4. The summed E-state index contributed by atoms with van der Waals surface area (Å²) in [6.45, 7) is 13.2. The molecule has 1 N–H and O–H groups in total. The number of phenolic OH excluding ortho intramolecular Hbond substituents is 1. The van der Waals surface area contributed by atoms with Crippen molar-refractivity contribution in [3.8, 4) is 89.7 Å². The van der Waals surface area contributed by atoms with E-state index in [-0.39, 0.29) is 16.6 Å². The second-order valence-corrected chi connectivity index (χ2v) is 19.2. The van der Waals surface area contributed by atoms with Gasteiger partial charge in [0.15, 0.2) is 0 Å². The molecule has 4 heteroatoms. The van der Waals surface area contributed by atoms with Crippen molar-refractivity contribution in [2.24, 2.45) is 0 Å². The van der Waals surface area contributed by atoms with Crippen LogP contribution < -0.4 is 0 Å². The summed E-state index contributed by atoms with van der Waals surface area (Å²) in [5.41, 5.74) is 17.8. The molecule has 2 aromatic heterocycles. The third-order valence-corrected chi connectivity index (χ3v) is 12.7. The number of aromatic hydroxyl groups is 1. The summed E-state index contributed by atoms with van der Waals surface area (Å²) in [6, 6.07) is 70.7. The second-order valence-electron chi connectivity index (χ2n) is 19.2. The van der Waals surface area contributed by atoms with E-state index in [1.165, 1.54) is 0 Å². The SMILES string of the molecule is CC(C)(C)c1cc(-c2nc3c(-c4cc(-c5ccccn5)cc(-c5c(-c6ccccc6)cccc5-c5ccccc5)c4)cccc3n2-c2ccccc2-c2ccccc2)c(O)c(C(C)(C)C)c1. The average Bonchev–Trinajstić information content (AvgIpc) is 3.73. The van der Waals surface area contributed by atoms with Gasteiger partial charge in [-0.3, -0.25) is 9.55 Å². The van der Waals surface area contributed by atoms with Gasteiger partial charge in [-0.2, -0.15) is 0 Å². The van der Waals surface area contributed by atoms with Crippen molar-refractivity contribution in [1.82, 2.24) is 14.5 Å². The molecule has 8 aromatic carbocycles. The molecule has 0 amide bonds. The minimum absolute atomic E-state index is 0.191. The Hall–Kier alpha value is -7.82. The number of imidazole rings is 1. The highest BCUT2D eigenvalue weighted by Gasteiger charge is 2.29. The summed E-state index contributed by atoms with van der Waals surface area (Å²) >= 11 is 0. The molecule has 0 saturated heterocycles. The maximum Gasteiger partial charge on any atom is 0.149 e. The predicted octanol–water partition coefficient (Wildman–Crippen LogP) is 16.4. The van der Waals surface area contributed by atoms with Gasteiger partial charge in [-0.25, -0.2) is 4.98 Å². The fourth-order valence-corrected chi connectivity index (χ4v) is 9.29. The Bertz CT molecular complexity index is 3300. The maximum atomic E-state index is 12.5. The highest BCUT2D eigenvalue weighted by Crippen LogP contribution is 2.47. The van der Waals surface area contributed by atoms with Crippen LogP contribution in [0.4, 0.5) is 0 Å². The summed E-state index contributed by atoms with van der Waals surface area (Å²) in [6.07, 6.45) is 1.86. The molecular formula is C62H53N3O. The molecule has 10 rings (SSSR count). The number of nitrogens with zero attached hydrogens (tertiary/aromatic N) is 3. The lowest BCUT2D eigenvalue weighted by molar-refractivity contribution is 0.446. The van der Waals surface area contributed by atoms with Gasteiger partial charge in [-0.15, -0.1) is 0 Å². The number of phenols is 1. The normalized spacial score (nSPS) is 11.8. The van der Waals surface area contributed by atoms with Crippen LogP contribution in [0.1, 0.15) is 52.7 Å². The van der Waals surface area contributed by atoms with Crippen LogP contribution in [-0.4, -0.2) is 19.6 Å². The summed E-state index contributed by atoms with van der Waals surface area (Å²) < 4.78 is 2.26. The third-order valence-electron chi connectivity index (χ3n) is 12.7. The smallest absolute Gasteiger partial charge is 0.149 e. The molecule has 10 aromatic rings. The number of hydrogen-bond acceptors (Lipinski definition) is 3. The molecule has 0 aliphatic heterocycles. The minimum atomic E-state index is -0.332. The zero-order valence-corrected chi connectivity index (χ0v) is 38.4. The van der Waals surface area contributed by atoms with E-state index >= 15 is 0 Å². The van der Waals surface area contributed by atoms with Gasteiger partial charge in [-0.1, -0.05) is 193 Å². The van der Waals surface area contributed by atoms with Crippen molar-refractivity contribution >= 4 is 11.0 Å². The highest BCUT2D eigenvalue weighted by atomic mass is 16.3. The lowest BCUT2D eigenvalue weighted by Crippen LogP contribution is -2.17. The Morgan fingerprint density at radius 2 is 0.955 bits per heavy atom. The molecule has 66 heavy (non-hydrogen) atoms. The van der Waals surface area contributed by atoms with Gasteiger partial charge in [0, 0.05) is 28.5 Å². The fourth-order valence-electron chi connectivity index (χ4n) is 9.29. The van der Waals surface area contributed by atoms with E-state index in [0.717, 1.165) is 94.7 Å². The van der Waals surface area contributed by atoms with E-state index < -0.39 is 0 Å². The minimum Gasteiger partial charge on any atom is -0.507 e. The quantitative estimate of drug-likeness (QED) is 0.166. The molecule has 0 bridgehead atoms. The van der Waals surface area contributed by atoms with Gasteiger partial charge in [-0.05, 0) is 109 Å². The Morgan fingerprint density at radius 3 is 1.56 bits per heavy atom. The van der Waals surface area contributed by atoms with Crippen LogP contribution in [0.25, 0.3) is 95.0 Å². The molecule has 0 aliphatic rings. The van der Waals surface area contributed by atoms with E-state index in [0.29, 0.717) is 11.4 Å². The number of benzene rings is 8. The highest BCUT2D eigenvalue weighted by molar-refractivity contribution is 6.01. The summed E-state index contributed by atoms with van der Waals surface area (Å²) in [4.78, 5) is 10.6. The number of pyridine rings is 1. The first-order chi connectivity index (χ1) is 31.9.